The van der Waals surface area contributed by atoms with Crippen LogP contribution in [0.1, 0.15) is 23.2 Å². The van der Waals surface area contributed by atoms with Gasteiger partial charge in [-0.25, -0.2) is 4.98 Å². The molecule has 120 valence electrons. The fourth-order valence-corrected chi connectivity index (χ4v) is 2.34. The monoisotopic (exact) mass is 334 g/mol. The van der Waals surface area contributed by atoms with E-state index in [2.05, 4.69) is 10.3 Å². The molecule has 0 aromatic carbocycles. The van der Waals surface area contributed by atoms with Gasteiger partial charge in [0.15, 0.2) is 0 Å². The van der Waals surface area contributed by atoms with Crippen molar-refractivity contribution in [1.29, 1.82) is 0 Å². The first-order valence-electron chi connectivity index (χ1n) is 6.71. The van der Waals surface area contributed by atoms with Crippen LogP contribution in [0.3, 0.4) is 0 Å². The topological polar surface area (TPSA) is 48.5 Å². The van der Waals surface area contributed by atoms with E-state index in [1.54, 1.807) is 6.20 Å². The highest BCUT2D eigenvalue weighted by Crippen LogP contribution is 2.15. The quantitative estimate of drug-likeness (QED) is 0.915. The molecule has 0 spiro atoms. The Balaban J connectivity index is 0.00000200. The number of carbonyl (C=O) groups is 1. The van der Waals surface area contributed by atoms with E-state index in [-0.39, 0.29) is 30.7 Å². The molecule has 2 heterocycles. The van der Waals surface area contributed by atoms with Crippen LogP contribution in [0.15, 0.2) is 18.3 Å². The average Bonchev–Trinajstić information content (AvgIpc) is 2.46. The molecule has 1 aromatic rings. The molecule has 0 unspecified atom stereocenters. The Labute approximate surface area is 138 Å². The number of pyridine rings is 1. The first kappa shape index (κ1) is 20.0. The first-order chi connectivity index (χ1) is 9.09. The fourth-order valence-electron chi connectivity index (χ4n) is 2.34. The molecule has 0 radical (unpaired) electrons. The van der Waals surface area contributed by atoms with Gasteiger partial charge in [0.05, 0.1) is 5.56 Å². The smallest absolute Gasteiger partial charge is 0.255 e. The molecule has 1 amide bonds. The van der Waals surface area contributed by atoms with E-state index in [0.29, 0.717) is 11.6 Å². The Hall–Kier alpha value is -1.04. The molecule has 1 aliphatic heterocycles. The lowest BCUT2D eigenvalue weighted by molar-refractivity contribution is 0.0703. The Morgan fingerprint density at radius 3 is 2.29 bits per heavy atom. The Morgan fingerprint density at radius 1 is 1.19 bits per heavy atom. The minimum absolute atomic E-state index is 0. The van der Waals surface area contributed by atoms with Crippen LogP contribution in [-0.4, -0.2) is 56.1 Å². The van der Waals surface area contributed by atoms with Crippen molar-refractivity contribution >= 4 is 36.5 Å². The van der Waals surface area contributed by atoms with E-state index < -0.39 is 0 Å². The van der Waals surface area contributed by atoms with Gasteiger partial charge in [-0.2, -0.15) is 0 Å². The van der Waals surface area contributed by atoms with Crippen molar-refractivity contribution in [3.05, 3.63) is 23.9 Å². The Bertz CT molecular complexity index is 433. The number of amides is 1. The minimum atomic E-state index is 0. The molecule has 0 atom stereocenters. The van der Waals surface area contributed by atoms with Crippen LogP contribution in [-0.2, 0) is 0 Å². The second-order valence-electron chi connectivity index (χ2n) is 5.20. The molecule has 0 aliphatic carbocycles. The molecule has 0 bridgehead atoms. The van der Waals surface area contributed by atoms with Crippen molar-refractivity contribution in [2.45, 2.75) is 18.9 Å². The van der Waals surface area contributed by atoms with Crippen molar-refractivity contribution in [3.63, 3.8) is 0 Å². The number of anilines is 1. The number of piperidine rings is 1. The van der Waals surface area contributed by atoms with Gasteiger partial charge in [-0.15, -0.1) is 24.8 Å². The van der Waals surface area contributed by atoms with Crippen molar-refractivity contribution < 1.29 is 4.79 Å². The van der Waals surface area contributed by atoms with Crippen LogP contribution in [0.2, 0.25) is 0 Å². The van der Waals surface area contributed by atoms with E-state index in [9.17, 15) is 4.79 Å². The number of carbonyl (C=O) groups excluding carboxylic acids is 1. The highest BCUT2D eigenvalue weighted by molar-refractivity contribution is 5.94. The van der Waals surface area contributed by atoms with E-state index >= 15 is 0 Å². The lowest BCUT2D eigenvalue weighted by Crippen LogP contribution is -2.44. The summed E-state index contributed by atoms with van der Waals surface area (Å²) in [6.07, 6.45) is 3.70. The number of hydrogen-bond donors (Lipinski definition) is 1. The van der Waals surface area contributed by atoms with E-state index in [1.165, 1.54) is 0 Å². The molecule has 2 rings (SSSR count). The van der Waals surface area contributed by atoms with Crippen LogP contribution in [0, 0.1) is 0 Å². The van der Waals surface area contributed by atoms with Crippen LogP contribution >= 0.6 is 24.8 Å². The summed E-state index contributed by atoms with van der Waals surface area (Å²) in [7, 11) is 5.76. The highest BCUT2D eigenvalue weighted by atomic mass is 35.5. The summed E-state index contributed by atoms with van der Waals surface area (Å²) in [5.74, 6) is 0.922. The molecule has 5 nitrogen and oxygen atoms in total. The number of nitrogens with zero attached hydrogens (tertiary/aromatic N) is 3. The van der Waals surface area contributed by atoms with Crippen molar-refractivity contribution in [3.8, 4) is 0 Å². The van der Waals surface area contributed by atoms with Crippen molar-refractivity contribution in [2.75, 3.05) is 39.1 Å². The Kier molecular flexibility index (Phi) is 8.63. The van der Waals surface area contributed by atoms with E-state index in [0.717, 1.165) is 31.7 Å². The first-order valence-corrected chi connectivity index (χ1v) is 6.71. The highest BCUT2D eigenvalue weighted by Gasteiger charge is 2.22. The average molecular weight is 335 g/mol. The molecule has 1 N–H and O–H groups in total. The molecular weight excluding hydrogens is 311 g/mol. The Morgan fingerprint density at radius 2 is 1.81 bits per heavy atom. The zero-order valence-electron chi connectivity index (χ0n) is 12.7. The number of aromatic nitrogens is 1. The molecule has 1 aliphatic rings. The second kappa shape index (κ2) is 9.07. The summed E-state index contributed by atoms with van der Waals surface area (Å²) in [6.45, 7) is 1.97. The summed E-state index contributed by atoms with van der Waals surface area (Å²) in [5, 5.41) is 3.31. The van der Waals surface area contributed by atoms with Gasteiger partial charge in [0.25, 0.3) is 5.91 Å². The largest absolute Gasteiger partial charge is 0.363 e. The van der Waals surface area contributed by atoms with Gasteiger partial charge in [0, 0.05) is 33.4 Å². The maximum atomic E-state index is 12.4. The second-order valence-corrected chi connectivity index (χ2v) is 5.20. The van der Waals surface area contributed by atoms with Gasteiger partial charge in [-0.1, -0.05) is 0 Å². The molecule has 7 heteroatoms. The van der Waals surface area contributed by atoms with E-state index in [4.69, 9.17) is 0 Å². The van der Waals surface area contributed by atoms with Crippen LogP contribution in [0.25, 0.3) is 0 Å². The maximum absolute atomic E-state index is 12.4. The minimum Gasteiger partial charge on any atom is -0.363 e. The summed E-state index contributed by atoms with van der Waals surface area (Å²) in [6, 6.07) is 4.06. The number of rotatable bonds is 3. The third-order valence-corrected chi connectivity index (χ3v) is 3.63. The van der Waals surface area contributed by atoms with Crippen molar-refractivity contribution in [1.82, 2.24) is 15.2 Å². The normalized spacial score (nSPS) is 14.6. The van der Waals surface area contributed by atoms with Crippen LogP contribution in [0.4, 0.5) is 5.82 Å². The fraction of sp³-hybridized carbons (Fsp3) is 0.571. The summed E-state index contributed by atoms with van der Waals surface area (Å²) < 4.78 is 0. The van der Waals surface area contributed by atoms with Crippen LogP contribution in [0.5, 0.6) is 0 Å². The van der Waals surface area contributed by atoms with Crippen LogP contribution < -0.4 is 10.2 Å². The zero-order valence-corrected chi connectivity index (χ0v) is 14.3. The molecule has 0 saturated carbocycles. The summed E-state index contributed by atoms with van der Waals surface area (Å²) in [4.78, 5) is 20.4. The lowest BCUT2D eigenvalue weighted by atomic mass is 10.0. The summed E-state index contributed by atoms with van der Waals surface area (Å²) >= 11 is 0. The van der Waals surface area contributed by atoms with E-state index in [1.807, 2.05) is 43.1 Å². The SMILES string of the molecule is CN(C)c1ccc(C(=O)N(C)C2CCNCC2)cn1.Cl.Cl. The van der Waals surface area contributed by atoms with Crippen molar-refractivity contribution in [2.24, 2.45) is 0 Å². The lowest BCUT2D eigenvalue weighted by Gasteiger charge is -2.31. The molecule has 1 aromatic heterocycles. The molecule has 1 saturated heterocycles. The van der Waals surface area contributed by atoms with Gasteiger partial charge in [-0.3, -0.25) is 4.79 Å². The third-order valence-electron chi connectivity index (χ3n) is 3.63. The number of hydrogen-bond acceptors (Lipinski definition) is 4. The molecular formula is C14H24Cl2N4O. The standard InChI is InChI=1S/C14H22N4O.2ClH/c1-17(2)13-5-4-11(10-16-13)14(19)18(3)12-6-8-15-9-7-12;;/h4-5,10,12,15H,6-9H2,1-3H3;2*1H. The predicted molar refractivity (Wildman–Crippen MR) is 91.0 cm³/mol. The number of halogens is 2. The zero-order chi connectivity index (χ0) is 13.8. The van der Waals surface area contributed by atoms with Gasteiger partial charge in [0.1, 0.15) is 5.82 Å². The summed E-state index contributed by atoms with van der Waals surface area (Å²) in [5.41, 5.74) is 0.659. The molecule has 21 heavy (non-hydrogen) atoms. The predicted octanol–water partition coefficient (Wildman–Crippen LogP) is 1.82. The third kappa shape index (κ3) is 5.02. The van der Waals surface area contributed by atoms with Gasteiger partial charge in [-0.05, 0) is 38.1 Å². The number of nitrogens with one attached hydrogen (secondary N) is 1. The van der Waals surface area contributed by atoms with Gasteiger partial charge >= 0.3 is 0 Å². The molecule has 1 fully saturated rings. The van der Waals surface area contributed by atoms with Gasteiger partial charge in [0.2, 0.25) is 0 Å². The van der Waals surface area contributed by atoms with Gasteiger partial charge < -0.3 is 15.1 Å². The maximum Gasteiger partial charge on any atom is 0.255 e.